The molecule has 7 heteroatoms. The first-order chi connectivity index (χ1) is 10.4. The van der Waals surface area contributed by atoms with Crippen molar-refractivity contribution in [3.63, 3.8) is 0 Å². The molecule has 3 rings (SSSR count). The maximum absolute atomic E-state index is 12.5. The van der Waals surface area contributed by atoms with Crippen LogP contribution in [0, 0.1) is 5.92 Å². The monoisotopic (exact) mass is 323 g/mol. The Bertz CT molecular complexity index is 740. The summed E-state index contributed by atoms with van der Waals surface area (Å²) in [6.07, 6.45) is 1.05. The number of methoxy groups -OCH3 is 1. The number of hydrogen-bond acceptors (Lipinski definition) is 5. The van der Waals surface area contributed by atoms with E-state index < -0.39 is 21.7 Å². The molecule has 0 aromatic heterocycles. The highest BCUT2D eigenvalue weighted by molar-refractivity contribution is 7.91. The summed E-state index contributed by atoms with van der Waals surface area (Å²) in [6.45, 7) is 0.523. The van der Waals surface area contributed by atoms with Crippen molar-refractivity contribution in [2.45, 2.75) is 12.8 Å². The normalized spacial score (nSPS) is 22.4. The van der Waals surface area contributed by atoms with E-state index in [2.05, 4.69) is 4.74 Å². The number of carbonyl (C=O) groups is 2. The lowest BCUT2D eigenvalue weighted by Gasteiger charge is -2.20. The van der Waals surface area contributed by atoms with Crippen molar-refractivity contribution < 1.29 is 22.7 Å². The highest BCUT2D eigenvalue weighted by Crippen LogP contribution is 2.32. The minimum absolute atomic E-state index is 0.0576. The zero-order valence-electron chi connectivity index (χ0n) is 12.2. The third-order valence-corrected chi connectivity index (χ3v) is 6.01. The van der Waals surface area contributed by atoms with Crippen LogP contribution in [0.15, 0.2) is 18.2 Å². The number of carbonyl (C=O) groups excluding carboxylic acids is 2. The van der Waals surface area contributed by atoms with Gasteiger partial charge in [0, 0.05) is 12.2 Å². The minimum Gasteiger partial charge on any atom is -0.465 e. The van der Waals surface area contributed by atoms with Crippen LogP contribution < -0.4 is 4.90 Å². The van der Waals surface area contributed by atoms with E-state index in [1.165, 1.54) is 7.11 Å². The first-order valence-electron chi connectivity index (χ1n) is 7.14. The topological polar surface area (TPSA) is 80.8 Å². The summed E-state index contributed by atoms with van der Waals surface area (Å²) in [5.74, 6) is -0.958. The van der Waals surface area contributed by atoms with Gasteiger partial charge in [-0.15, -0.1) is 0 Å². The number of esters is 1. The second-order valence-corrected chi connectivity index (χ2v) is 7.90. The second kappa shape index (κ2) is 5.39. The Morgan fingerprint density at radius 2 is 2.09 bits per heavy atom. The molecular formula is C15H17NO5S. The summed E-state index contributed by atoms with van der Waals surface area (Å²) in [5, 5.41) is 0. The highest BCUT2D eigenvalue weighted by atomic mass is 32.2. The maximum atomic E-state index is 12.5. The summed E-state index contributed by atoms with van der Waals surface area (Å²) >= 11 is 0. The molecule has 1 saturated heterocycles. The van der Waals surface area contributed by atoms with E-state index in [1.807, 2.05) is 0 Å². The van der Waals surface area contributed by atoms with Gasteiger partial charge in [-0.05, 0) is 36.6 Å². The van der Waals surface area contributed by atoms with E-state index in [0.717, 1.165) is 11.3 Å². The van der Waals surface area contributed by atoms with Crippen molar-refractivity contribution in [1.82, 2.24) is 0 Å². The summed E-state index contributed by atoms with van der Waals surface area (Å²) in [7, 11) is -1.75. The summed E-state index contributed by atoms with van der Waals surface area (Å²) in [4.78, 5) is 25.7. The number of nitrogens with zero attached hydrogens (tertiary/aromatic N) is 1. The van der Waals surface area contributed by atoms with E-state index in [-0.39, 0.29) is 17.4 Å². The Morgan fingerprint density at radius 1 is 1.32 bits per heavy atom. The fourth-order valence-electron chi connectivity index (χ4n) is 3.09. The predicted molar refractivity (Wildman–Crippen MR) is 80.6 cm³/mol. The van der Waals surface area contributed by atoms with Gasteiger partial charge in [0.15, 0.2) is 9.84 Å². The molecule has 1 aromatic rings. The number of sulfone groups is 1. The zero-order chi connectivity index (χ0) is 15.9. The van der Waals surface area contributed by atoms with Gasteiger partial charge in [0.2, 0.25) is 5.91 Å². The molecule has 0 saturated carbocycles. The van der Waals surface area contributed by atoms with Gasteiger partial charge in [-0.25, -0.2) is 13.2 Å². The van der Waals surface area contributed by atoms with Crippen LogP contribution >= 0.6 is 0 Å². The Hall–Kier alpha value is -1.89. The fraction of sp³-hybridized carbons (Fsp3) is 0.467. The molecule has 6 nitrogen and oxygen atoms in total. The van der Waals surface area contributed by atoms with E-state index in [9.17, 15) is 18.0 Å². The number of rotatable bonds is 2. The Morgan fingerprint density at radius 3 is 2.73 bits per heavy atom. The molecule has 1 atom stereocenters. The van der Waals surface area contributed by atoms with Gasteiger partial charge in [-0.2, -0.15) is 0 Å². The molecular weight excluding hydrogens is 306 g/mol. The van der Waals surface area contributed by atoms with Crippen molar-refractivity contribution in [3.8, 4) is 0 Å². The number of anilines is 1. The molecule has 0 bridgehead atoms. The number of fused-ring (bicyclic) bond motifs is 1. The minimum atomic E-state index is -3.08. The molecule has 1 amide bonds. The molecule has 22 heavy (non-hydrogen) atoms. The standard InChI is InChI=1S/C15H17NO5S/c1-21-15(18)11-2-3-13-10(8-11)4-6-16(13)14(17)12-5-7-22(19,20)9-12/h2-3,8,12H,4-7,9H2,1H3/t12-/m0/s1. The molecule has 0 unspecified atom stereocenters. The third-order valence-electron chi connectivity index (χ3n) is 4.24. The first kappa shape index (κ1) is 15.0. The summed E-state index contributed by atoms with van der Waals surface area (Å²) in [5.41, 5.74) is 2.14. The Balaban J connectivity index is 1.83. The van der Waals surface area contributed by atoms with Gasteiger partial charge >= 0.3 is 5.97 Å². The van der Waals surface area contributed by atoms with Crippen LogP contribution in [-0.4, -0.2) is 45.5 Å². The summed E-state index contributed by atoms with van der Waals surface area (Å²) < 4.78 is 27.8. The Labute approximate surface area is 129 Å². The van der Waals surface area contributed by atoms with Gasteiger partial charge in [-0.3, -0.25) is 4.79 Å². The van der Waals surface area contributed by atoms with Crippen LogP contribution in [0.4, 0.5) is 5.69 Å². The number of amides is 1. The first-order valence-corrected chi connectivity index (χ1v) is 8.96. The fourth-order valence-corrected chi connectivity index (χ4v) is 4.82. The van der Waals surface area contributed by atoms with Crippen molar-refractivity contribution >= 4 is 27.4 Å². The smallest absolute Gasteiger partial charge is 0.337 e. The second-order valence-electron chi connectivity index (χ2n) is 5.67. The van der Waals surface area contributed by atoms with Crippen LogP contribution in [0.1, 0.15) is 22.3 Å². The molecule has 1 aromatic carbocycles. The number of benzene rings is 1. The maximum Gasteiger partial charge on any atom is 0.337 e. The molecule has 2 heterocycles. The van der Waals surface area contributed by atoms with Gasteiger partial charge < -0.3 is 9.64 Å². The van der Waals surface area contributed by atoms with Crippen LogP contribution in [-0.2, 0) is 25.8 Å². The number of hydrogen-bond donors (Lipinski definition) is 0. The lowest BCUT2D eigenvalue weighted by atomic mass is 10.1. The lowest BCUT2D eigenvalue weighted by molar-refractivity contribution is -0.121. The Kier molecular flexibility index (Phi) is 3.68. The molecule has 0 radical (unpaired) electrons. The number of ether oxygens (including phenoxy) is 1. The molecule has 0 spiro atoms. The molecule has 2 aliphatic rings. The van der Waals surface area contributed by atoms with Crippen LogP contribution in [0.3, 0.4) is 0 Å². The van der Waals surface area contributed by atoms with E-state index >= 15 is 0 Å². The lowest BCUT2D eigenvalue weighted by Crippen LogP contribution is -2.35. The van der Waals surface area contributed by atoms with E-state index in [4.69, 9.17) is 0 Å². The zero-order valence-corrected chi connectivity index (χ0v) is 13.1. The largest absolute Gasteiger partial charge is 0.465 e. The van der Waals surface area contributed by atoms with E-state index in [1.54, 1.807) is 23.1 Å². The summed E-state index contributed by atoms with van der Waals surface area (Å²) in [6, 6.07) is 5.09. The van der Waals surface area contributed by atoms with Gasteiger partial charge in [0.05, 0.1) is 30.1 Å². The molecule has 2 aliphatic heterocycles. The molecule has 0 aliphatic carbocycles. The van der Waals surface area contributed by atoms with Gasteiger partial charge in [-0.1, -0.05) is 0 Å². The van der Waals surface area contributed by atoms with Crippen LogP contribution in [0.5, 0.6) is 0 Å². The van der Waals surface area contributed by atoms with Crippen LogP contribution in [0.25, 0.3) is 0 Å². The highest BCUT2D eigenvalue weighted by Gasteiger charge is 2.37. The quantitative estimate of drug-likeness (QED) is 0.752. The van der Waals surface area contributed by atoms with Crippen molar-refractivity contribution in [3.05, 3.63) is 29.3 Å². The van der Waals surface area contributed by atoms with Crippen LogP contribution in [0.2, 0.25) is 0 Å². The average Bonchev–Trinajstić information content (AvgIpc) is 3.08. The third kappa shape index (κ3) is 2.61. The van der Waals surface area contributed by atoms with E-state index in [0.29, 0.717) is 24.9 Å². The molecule has 0 N–H and O–H groups in total. The molecule has 1 fully saturated rings. The SMILES string of the molecule is COC(=O)c1ccc2c(c1)CCN2C(=O)[C@H]1CCS(=O)(=O)C1. The van der Waals surface area contributed by atoms with Crippen molar-refractivity contribution in [1.29, 1.82) is 0 Å². The molecule has 118 valence electrons. The average molecular weight is 323 g/mol. The van der Waals surface area contributed by atoms with Crippen molar-refractivity contribution in [2.75, 3.05) is 30.1 Å². The predicted octanol–water partition coefficient (Wildman–Crippen LogP) is 0.797. The van der Waals surface area contributed by atoms with Crippen molar-refractivity contribution in [2.24, 2.45) is 5.92 Å². The van der Waals surface area contributed by atoms with Gasteiger partial charge in [0.1, 0.15) is 0 Å². The van der Waals surface area contributed by atoms with Gasteiger partial charge in [0.25, 0.3) is 0 Å².